The van der Waals surface area contributed by atoms with Crippen LogP contribution >= 0.6 is 0 Å². The molecule has 32 heavy (non-hydrogen) atoms. The molecule has 0 aliphatic heterocycles. The predicted octanol–water partition coefficient (Wildman–Crippen LogP) is 4.70. The summed E-state index contributed by atoms with van der Waals surface area (Å²) in [6.45, 7) is -2.12. The molecule has 0 heterocycles. The Hall–Kier alpha value is -3.70. The van der Waals surface area contributed by atoms with Crippen LogP contribution < -0.4 is 0 Å². The van der Waals surface area contributed by atoms with Gasteiger partial charge in [0.05, 0.1) is 11.1 Å². The third-order valence-electron chi connectivity index (χ3n) is 3.71. The van der Waals surface area contributed by atoms with Gasteiger partial charge in [-0.25, -0.2) is 44.7 Å². The minimum Gasteiger partial charge on any atom is -0.457 e. The summed E-state index contributed by atoms with van der Waals surface area (Å²) in [4.78, 5) is 22.9. The third kappa shape index (κ3) is 5.93. The normalized spacial score (nSPS) is 11.4. The van der Waals surface area contributed by atoms with Crippen molar-refractivity contribution in [2.45, 2.75) is 13.2 Å². The van der Waals surface area contributed by atoms with E-state index in [2.05, 4.69) is 9.47 Å². The number of carbonyl (C=O) groups is 2. The standard InChI is InChI=1S/C20H10F8O4/c21-11-5-13(23)19(27)17(25)9(11)7-31-15(29)3-1-2-4-16(30)32-8-10-12(22)6-14(24)20(28)18(10)26/h1-6H,7-8H2/b3-1-,4-2-. The fourth-order valence-corrected chi connectivity index (χ4v) is 2.12. The molecule has 0 aromatic heterocycles. The van der Waals surface area contributed by atoms with Gasteiger partial charge in [0.1, 0.15) is 24.8 Å². The monoisotopic (exact) mass is 466 g/mol. The Labute approximate surface area is 174 Å². The number of allylic oxidation sites excluding steroid dienone is 2. The van der Waals surface area contributed by atoms with Crippen molar-refractivity contribution in [3.8, 4) is 0 Å². The molecule has 2 aromatic rings. The van der Waals surface area contributed by atoms with Gasteiger partial charge < -0.3 is 9.47 Å². The van der Waals surface area contributed by atoms with E-state index in [9.17, 15) is 44.7 Å². The zero-order valence-electron chi connectivity index (χ0n) is 15.5. The summed E-state index contributed by atoms with van der Waals surface area (Å²) in [5, 5.41) is 0. The van der Waals surface area contributed by atoms with Gasteiger partial charge >= 0.3 is 11.9 Å². The smallest absolute Gasteiger partial charge is 0.331 e. The highest BCUT2D eigenvalue weighted by Gasteiger charge is 2.20. The Bertz CT molecular complexity index is 1020. The molecular weight excluding hydrogens is 456 g/mol. The molecule has 0 saturated heterocycles. The Balaban J connectivity index is 1.87. The highest BCUT2D eigenvalue weighted by molar-refractivity contribution is 5.84. The molecule has 2 aromatic carbocycles. The molecule has 0 bridgehead atoms. The summed E-state index contributed by atoms with van der Waals surface area (Å²) in [7, 11) is 0. The number of rotatable bonds is 7. The number of hydrogen-bond donors (Lipinski definition) is 0. The molecule has 0 amide bonds. The second-order valence-electron chi connectivity index (χ2n) is 5.83. The lowest BCUT2D eigenvalue weighted by Crippen LogP contribution is -2.08. The fraction of sp³-hybridized carbons (Fsp3) is 0.100. The van der Waals surface area contributed by atoms with Gasteiger partial charge in [-0.15, -0.1) is 0 Å². The van der Waals surface area contributed by atoms with E-state index < -0.39 is 82.8 Å². The summed E-state index contributed by atoms with van der Waals surface area (Å²) >= 11 is 0. The van der Waals surface area contributed by atoms with Gasteiger partial charge in [0.25, 0.3) is 0 Å². The van der Waals surface area contributed by atoms with Gasteiger partial charge in [-0.3, -0.25) is 0 Å². The molecule has 0 saturated carbocycles. The SMILES string of the molecule is O=C(/C=C\C=C/C(=O)OCc1c(F)cc(F)c(F)c1F)OCc1c(F)cc(F)c(F)c1F. The maximum atomic E-state index is 13.4. The van der Waals surface area contributed by atoms with Gasteiger partial charge in [-0.2, -0.15) is 0 Å². The van der Waals surface area contributed by atoms with E-state index in [0.29, 0.717) is 12.2 Å². The van der Waals surface area contributed by atoms with Crippen molar-refractivity contribution >= 4 is 11.9 Å². The quantitative estimate of drug-likeness (QED) is 0.148. The lowest BCUT2D eigenvalue weighted by molar-refractivity contribution is -0.140. The van der Waals surface area contributed by atoms with E-state index in [-0.39, 0.29) is 12.1 Å². The zero-order valence-corrected chi connectivity index (χ0v) is 15.5. The van der Waals surface area contributed by atoms with Crippen LogP contribution in [-0.4, -0.2) is 11.9 Å². The first-order valence-corrected chi connectivity index (χ1v) is 8.34. The number of carbonyl (C=O) groups excluding carboxylic acids is 2. The largest absolute Gasteiger partial charge is 0.457 e. The van der Waals surface area contributed by atoms with E-state index in [1.165, 1.54) is 0 Å². The highest BCUT2D eigenvalue weighted by atomic mass is 19.2. The van der Waals surface area contributed by atoms with Crippen LogP contribution in [0.5, 0.6) is 0 Å². The number of ether oxygens (including phenoxy) is 2. The van der Waals surface area contributed by atoms with Crippen LogP contribution in [0.3, 0.4) is 0 Å². The van der Waals surface area contributed by atoms with E-state index >= 15 is 0 Å². The predicted molar refractivity (Wildman–Crippen MR) is 90.4 cm³/mol. The minimum atomic E-state index is -1.95. The van der Waals surface area contributed by atoms with Crippen molar-refractivity contribution in [1.29, 1.82) is 0 Å². The number of benzene rings is 2. The summed E-state index contributed by atoms with van der Waals surface area (Å²) in [5.41, 5.74) is -2.05. The fourth-order valence-electron chi connectivity index (χ4n) is 2.12. The molecule has 0 unspecified atom stereocenters. The zero-order chi connectivity index (χ0) is 24.0. The lowest BCUT2D eigenvalue weighted by atomic mass is 10.2. The van der Waals surface area contributed by atoms with Crippen LogP contribution in [0.4, 0.5) is 35.1 Å². The van der Waals surface area contributed by atoms with Crippen molar-refractivity contribution in [3.05, 3.63) is 94.1 Å². The van der Waals surface area contributed by atoms with Gasteiger partial charge in [0, 0.05) is 24.3 Å². The molecule has 0 fully saturated rings. The number of esters is 2. The first kappa shape index (κ1) is 24.6. The molecule has 0 radical (unpaired) electrons. The molecular formula is C20H10F8O4. The van der Waals surface area contributed by atoms with Crippen molar-refractivity contribution in [1.82, 2.24) is 0 Å². The average Bonchev–Trinajstić information content (AvgIpc) is 2.73. The van der Waals surface area contributed by atoms with Crippen molar-refractivity contribution < 1.29 is 54.2 Å². The Morgan fingerprint density at radius 1 is 0.594 bits per heavy atom. The molecule has 0 aliphatic carbocycles. The van der Waals surface area contributed by atoms with Crippen LogP contribution in [0.25, 0.3) is 0 Å². The van der Waals surface area contributed by atoms with E-state index in [1.807, 2.05) is 0 Å². The summed E-state index contributed by atoms with van der Waals surface area (Å²) < 4.78 is 114. The molecule has 0 spiro atoms. The van der Waals surface area contributed by atoms with Gasteiger partial charge in [-0.05, 0) is 0 Å². The van der Waals surface area contributed by atoms with E-state index in [0.717, 1.165) is 12.2 Å². The van der Waals surface area contributed by atoms with E-state index in [1.54, 1.807) is 0 Å². The minimum absolute atomic E-state index is 0.0732. The molecule has 4 nitrogen and oxygen atoms in total. The molecule has 0 N–H and O–H groups in total. The second-order valence-corrected chi connectivity index (χ2v) is 5.83. The van der Waals surface area contributed by atoms with Crippen LogP contribution in [-0.2, 0) is 32.3 Å². The van der Waals surface area contributed by atoms with Crippen molar-refractivity contribution in [2.24, 2.45) is 0 Å². The van der Waals surface area contributed by atoms with Gasteiger partial charge in [-0.1, -0.05) is 12.2 Å². The molecule has 12 heteroatoms. The lowest BCUT2D eigenvalue weighted by Gasteiger charge is -2.06. The van der Waals surface area contributed by atoms with Crippen LogP contribution in [0.1, 0.15) is 11.1 Å². The summed E-state index contributed by atoms with van der Waals surface area (Å²) in [6, 6.07) is 0.146. The maximum absolute atomic E-state index is 13.4. The van der Waals surface area contributed by atoms with E-state index in [4.69, 9.17) is 0 Å². The van der Waals surface area contributed by atoms with Crippen LogP contribution in [0, 0.1) is 46.5 Å². The van der Waals surface area contributed by atoms with Crippen molar-refractivity contribution in [2.75, 3.05) is 0 Å². The molecule has 2 rings (SSSR count). The highest BCUT2D eigenvalue weighted by Crippen LogP contribution is 2.21. The Kier molecular flexibility index (Phi) is 8.10. The van der Waals surface area contributed by atoms with Crippen molar-refractivity contribution in [3.63, 3.8) is 0 Å². The summed E-state index contributed by atoms with van der Waals surface area (Å²) in [5.74, 6) is -16.5. The first-order chi connectivity index (χ1) is 15.0. The maximum Gasteiger partial charge on any atom is 0.331 e. The number of hydrogen-bond acceptors (Lipinski definition) is 4. The second kappa shape index (κ2) is 10.6. The molecule has 0 atom stereocenters. The number of halogens is 8. The topological polar surface area (TPSA) is 52.6 Å². The Morgan fingerprint density at radius 2 is 0.938 bits per heavy atom. The average molecular weight is 466 g/mol. The Morgan fingerprint density at radius 3 is 1.28 bits per heavy atom. The van der Waals surface area contributed by atoms with Crippen LogP contribution in [0.15, 0.2) is 36.4 Å². The van der Waals surface area contributed by atoms with Gasteiger partial charge in [0.2, 0.25) is 0 Å². The molecule has 0 aliphatic rings. The summed E-state index contributed by atoms with van der Waals surface area (Å²) in [6.07, 6.45) is 3.16. The van der Waals surface area contributed by atoms with Gasteiger partial charge in [0.15, 0.2) is 34.9 Å². The van der Waals surface area contributed by atoms with Crippen LogP contribution in [0.2, 0.25) is 0 Å². The first-order valence-electron chi connectivity index (χ1n) is 8.34. The molecule has 170 valence electrons. The third-order valence-corrected chi connectivity index (χ3v) is 3.71.